The summed E-state index contributed by atoms with van der Waals surface area (Å²) in [5.74, 6) is -0.402. The molecule has 0 aliphatic carbocycles. The molecule has 2 N–H and O–H groups in total. The van der Waals surface area contributed by atoms with Gasteiger partial charge < -0.3 is 10.1 Å². The molecule has 0 aliphatic heterocycles. The maximum atomic E-state index is 12.9. The van der Waals surface area contributed by atoms with Gasteiger partial charge in [0.1, 0.15) is 5.75 Å². The van der Waals surface area contributed by atoms with Crippen molar-refractivity contribution in [3.63, 3.8) is 0 Å². The highest BCUT2D eigenvalue weighted by molar-refractivity contribution is 6.05. The van der Waals surface area contributed by atoms with Crippen molar-refractivity contribution < 1.29 is 18.3 Å². The van der Waals surface area contributed by atoms with Crippen LogP contribution in [0.3, 0.4) is 0 Å². The zero-order valence-corrected chi connectivity index (χ0v) is 16.3. The first-order valence-electron chi connectivity index (χ1n) is 9.27. The van der Waals surface area contributed by atoms with E-state index in [9.17, 15) is 13.6 Å². The number of nitrogens with one attached hydrogen (secondary N) is 2. The maximum Gasteiger partial charge on any atom is 0.394 e. The number of halogens is 2. The number of alkyl halides is 2. The fourth-order valence-electron chi connectivity index (χ4n) is 2.96. The van der Waals surface area contributed by atoms with Crippen LogP contribution >= 0.6 is 0 Å². The van der Waals surface area contributed by atoms with Gasteiger partial charge in [0.2, 0.25) is 0 Å². The van der Waals surface area contributed by atoms with E-state index in [1.54, 1.807) is 36.9 Å². The van der Waals surface area contributed by atoms with Crippen molar-refractivity contribution in [2.45, 2.75) is 13.0 Å². The van der Waals surface area contributed by atoms with Gasteiger partial charge in [0.15, 0.2) is 0 Å². The number of H-pyrrole nitrogens is 1. The zero-order chi connectivity index (χ0) is 21.8. The molecule has 0 fully saturated rings. The summed E-state index contributed by atoms with van der Waals surface area (Å²) in [6.07, 6.45) is 4.89. The number of carbonyl (C=O) groups excluding carboxylic acids is 1. The second kappa shape index (κ2) is 8.31. The summed E-state index contributed by atoms with van der Waals surface area (Å²) in [6, 6.07) is 11.1. The van der Waals surface area contributed by atoms with E-state index in [2.05, 4.69) is 30.2 Å². The summed E-state index contributed by atoms with van der Waals surface area (Å²) in [5, 5.41) is 9.44. The Balaban J connectivity index is 1.60. The van der Waals surface area contributed by atoms with Gasteiger partial charge in [-0.15, -0.1) is 0 Å². The Hall–Kier alpha value is -4.14. The van der Waals surface area contributed by atoms with E-state index in [1.165, 1.54) is 30.5 Å². The molecule has 1 amide bonds. The number of aromatic nitrogens is 4. The van der Waals surface area contributed by atoms with Crippen LogP contribution in [0, 0.1) is 0 Å². The normalized spacial score (nSPS) is 11.2. The van der Waals surface area contributed by atoms with Gasteiger partial charge in [-0.3, -0.25) is 19.9 Å². The highest BCUT2D eigenvalue weighted by Gasteiger charge is 2.23. The second-order valence-electron chi connectivity index (χ2n) is 6.74. The topological polar surface area (TPSA) is 92.8 Å². The van der Waals surface area contributed by atoms with Gasteiger partial charge in [-0.05, 0) is 36.4 Å². The van der Waals surface area contributed by atoms with Crippen LogP contribution in [0.5, 0.6) is 5.75 Å². The molecule has 4 rings (SSSR count). The highest BCUT2D eigenvalue weighted by Crippen LogP contribution is 2.30. The minimum atomic E-state index is -3.28. The third kappa shape index (κ3) is 4.89. The maximum absolute atomic E-state index is 12.9. The number of pyridine rings is 2. The fraction of sp³-hybridized carbons (Fsp3) is 0.0909. The zero-order valence-electron chi connectivity index (χ0n) is 16.3. The Morgan fingerprint density at radius 2 is 1.90 bits per heavy atom. The van der Waals surface area contributed by atoms with Crippen LogP contribution in [-0.2, 0) is 0 Å². The SMILES string of the molecule is CC(F)(F)Oc1ccc(NC(=O)c2cnc(-c3cn[nH]c3)c(-c3cccnc3)c2)cc1. The Morgan fingerprint density at radius 3 is 2.55 bits per heavy atom. The van der Waals surface area contributed by atoms with Crippen molar-refractivity contribution in [1.82, 2.24) is 20.2 Å². The molecular weight excluding hydrogens is 404 g/mol. The monoisotopic (exact) mass is 421 g/mol. The molecule has 3 heterocycles. The van der Waals surface area contributed by atoms with Gasteiger partial charge in [0.05, 0.1) is 17.5 Å². The number of rotatable bonds is 6. The molecule has 4 aromatic rings. The van der Waals surface area contributed by atoms with Gasteiger partial charge >= 0.3 is 6.11 Å². The standard InChI is InChI=1S/C22H17F2N5O2/c1-22(23,24)31-18-6-4-17(5-7-18)29-21(30)15-9-19(14-3-2-8-25-10-14)20(26-11-15)16-12-27-28-13-16/h2-13H,1H3,(H,27,28)(H,29,30). The lowest BCUT2D eigenvalue weighted by atomic mass is 10.0. The third-order valence-corrected chi connectivity index (χ3v) is 4.30. The number of hydrogen-bond acceptors (Lipinski definition) is 5. The first kappa shape index (κ1) is 20.1. The summed E-state index contributed by atoms with van der Waals surface area (Å²) in [7, 11) is 0. The average Bonchev–Trinajstić information content (AvgIpc) is 3.29. The minimum Gasteiger partial charge on any atom is -0.433 e. The number of nitrogens with zero attached hydrogens (tertiary/aromatic N) is 3. The number of aromatic amines is 1. The van der Waals surface area contributed by atoms with Crippen LogP contribution in [0.25, 0.3) is 22.4 Å². The van der Waals surface area contributed by atoms with Crippen molar-refractivity contribution in [3.8, 4) is 28.1 Å². The lowest BCUT2D eigenvalue weighted by Gasteiger charge is -2.13. The van der Waals surface area contributed by atoms with Gasteiger partial charge in [-0.2, -0.15) is 13.9 Å². The Bertz CT molecular complexity index is 1180. The molecule has 0 saturated carbocycles. The molecule has 0 aliphatic rings. The predicted molar refractivity (Wildman–Crippen MR) is 111 cm³/mol. The number of hydrogen-bond donors (Lipinski definition) is 2. The molecule has 3 aromatic heterocycles. The second-order valence-corrected chi connectivity index (χ2v) is 6.74. The van der Waals surface area contributed by atoms with Crippen molar-refractivity contribution in [3.05, 3.63) is 79.0 Å². The first-order chi connectivity index (χ1) is 14.9. The summed E-state index contributed by atoms with van der Waals surface area (Å²) >= 11 is 0. The molecule has 0 bridgehead atoms. The van der Waals surface area contributed by atoms with Crippen molar-refractivity contribution >= 4 is 11.6 Å². The fourth-order valence-corrected chi connectivity index (χ4v) is 2.96. The molecule has 7 nitrogen and oxygen atoms in total. The predicted octanol–water partition coefficient (Wildman–Crippen LogP) is 4.78. The van der Waals surface area contributed by atoms with Crippen molar-refractivity contribution in [2.24, 2.45) is 0 Å². The van der Waals surface area contributed by atoms with Crippen LogP contribution in [0.1, 0.15) is 17.3 Å². The van der Waals surface area contributed by atoms with Crippen molar-refractivity contribution in [1.29, 1.82) is 0 Å². The number of carbonyl (C=O) groups is 1. The van der Waals surface area contributed by atoms with E-state index < -0.39 is 12.0 Å². The van der Waals surface area contributed by atoms with Crippen LogP contribution in [-0.4, -0.2) is 32.2 Å². The van der Waals surface area contributed by atoms with E-state index in [1.807, 2.05) is 6.07 Å². The van der Waals surface area contributed by atoms with E-state index in [0.29, 0.717) is 23.9 Å². The van der Waals surface area contributed by atoms with E-state index in [-0.39, 0.29) is 5.75 Å². The molecule has 0 saturated heterocycles. The Morgan fingerprint density at radius 1 is 1.10 bits per heavy atom. The first-order valence-corrected chi connectivity index (χ1v) is 9.27. The van der Waals surface area contributed by atoms with Gasteiger partial charge in [-0.25, -0.2) is 0 Å². The highest BCUT2D eigenvalue weighted by atomic mass is 19.3. The molecule has 0 spiro atoms. The van der Waals surface area contributed by atoms with Crippen LogP contribution in [0.2, 0.25) is 0 Å². The quantitative estimate of drug-likeness (QED) is 0.468. The van der Waals surface area contributed by atoms with E-state index in [0.717, 1.165) is 16.7 Å². The Labute approximate surface area is 176 Å². The lowest BCUT2D eigenvalue weighted by molar-refractivity contribution is -0.158. The average molecular weight is 421 g/mol. The molecule has 1 aromatic carbocycles. The molecule has 0 unspecified atom stereocenters. The van der Waals surface area contributed by atoms with Gasteiger partial charge in [-0.1, -0.05) is 6.07 Å². The minimum absolute atomic E-state index is 0.00417. The number of amides is 1. The molecular formula is C22H17F2N5O2. The molecule has 0 radical (unpaired) electrons. The van der Waals surface area contributed by atoms with Gasteiger partial charge in [0.25, 0.3) is 5.91 Å². The van der Waals surface area contributed by atoms with E-state index >= 15 is 0 Å². The van der Waals surface area contributed by atoms with Crippen molar-refractivity contribution in [2.75, 3.05) is 5.32 Å². The summed E-state index contributed by atoms with van der Waals surface area (Å²) < 4.78 is 30.4. The largest absolute Gasteiger partial charge is 0.433 e. The molecule has 0 atom stereocenters. The van der Waals surface area contributed by atoms with E-state index in [4.69, 9.17) is 0 Å². The van der Waals surface area contributed by atoms with Crippen LogP contribution in [0.15, 0.2) is 73.4 Å². The molecule has 9 heteroatoms. The number of benzene rings is 1. The number of ether oxygens (including phenoxy) is 1. The van der Waals surface area contributed by atoms with Crippen LogP contribution in [0.4, 0.5) is 14.5 Å². The summed E-state index contributed by atoms with van der Waals surface area (Å²) in [4.78, 5) is 21.4. The summed E-state index contributed by atoms with van der Waals surface area (Å²) in [5.41, 5.74) is 3.69. The number of anilines is 1. The summed E-state index contributed by atoms with van der Waals surface area (Å²) in [6.45, 7) is 0.655. The smallest absolute Gasteiger partial charge is 0.394 e. The molecule has 156 valence electrons. The van der Waals surface area contributed by atoms with Gasteiger partial charge in [0, 0.05) is 54.1 Å². The molecule has 31 heavy (non-hydrogen) atoms. The Kier molecular flexibility index (Phi) is 5.40. The lowest BCUT2D eigenvalue weighted by Crippen LogP contribution is -2.19. The third-order valence-electron chi connectivity index (χ3n) is 4.30. The van der Waals surface area contributed by atoms with Crippen LogP contribution < -0.4 is 10.1 Å².